The van der Waals surface area contributed by atoms with Crippen LogP contribution in [-0.4, -0.2) is 16.0 Å². The molecule has 0 amide bonds. The first-order valence-corrected chi connectivity index (χ1v) is 7.52. The van der Waals surface area contributed by atoms with Crippen LogP contribution in [0.25, 0.3) is 10.9 Å². The van der Waals surface area contributed by atoms with Crippen LogP contribution in [0.1, 0.15) is 17.7 Å². The third kappa shape index (κ3) is 2.71. The highest BCUT2D eigenvalue weighted by molar-refractivity contribution is 7.99. The number of fused-ring (bicyclic) bond motifs is 1. The van der Waals surface area contributed by atoms with Crippen LogP contribution in [0.15, 0.2) is 59.9 Å². The quantitative estimate of drug-likeness (QED) is 0.717. The summed E-state index contributed by atoms with van der Waals surface area (Å²) in [4.78, 5) is 7.63. The van der Waals surface area contributed by atoms with Gasteiger partial charge in [-0.3, -0.25) is 4.98 Å². The van der Waals surface area contributed by atoms with Gasteiger partial charge in [0.05, 0.1) is 10.3 Å². The lowest BCUT2D eigenvalue weighted by Gasteiger charge is -2.19. The van der Waals surface area contributed by atoms with E-state index in [9.17, 15) is 0 Å². The summed E-state index contributed by atoms with van der Waals surface area (Å²) in [5.74, 6) is 0. The van der Waals surface area contributed by atoms with Crippen molar-refractivity contribution in [1.29, 1.82) is 0 Å². The van der Waals surface area contributed by atoms with Crippen molar-refractivity contribution in [3.05, 3.63) is 60.4 Å². The van der Waals surface area contributed by atoms with E-state index in [2.05, 4.69) is 40.3 Å². The van der Waals surface area contributed by atoms with Gasteiger partial charge in [0.2, 0.25) is 0 Å². The Morgan fingerprint density at radius 3 is 2.75 bits per heavy atom. The Kier molecular flexibility index (Phi) is 3.76. The van der Waals surface area contributed by atoms with Gasteiger partial charge in [-0.15, -0.1) is 0 Å². The highest BCUT2D eigenvalue weighted by Crippen LogP contribution is 2.37. The molecule has 3 rings (SSSR count). The molecular weight excluding hydrogens is 266 g/mol. The summed E-state index contributed by atoms with van der Waals surface area (Å²) in [6, 6.07) is 14.5. The number of nitrogens with two attached hydrogens (primary N) is 1. The van der Waals surface area contributed by atoms with Crippen molar-refractivity contribution in [2.45, 2.75) is 23.2 Å². The molecule has 1 aromatic carbocycles. The molecule has 0 radical (unpaired) electrons. The second-order valence-corrected chi connectivity index (χ2v) is 6.09. The molecule has 0 spiro atoms. The number of nitrogens with one attached hydrogen (secondary N) is 1. The van der Waals surface area contributed by atoms with Crippen LogP contribution in [0, 0.1) is 0 Å². The first-order valence-electron chi connectivity index (χ1n) is 6.64. The SMILES string of the molecule is CC(N)C(Sc1cc2ccccc2[nH]1)c1cccnc1. The van der Waals surface area contributed by atoms with Crippen LogP contribution in [0.2, 0.25) is 0 Å². The van der Waals surface area contributed by atoms with Gasteiger partial charge < -0.3 is 10.7 Å². The predicted molar refractivity (Wildman–Crippen MR) is 84.8 cm³/mol. The first-order chi connectivity index (χ1) is 9.74. The number of thioether (sulfide) groups is 1. The summed E-state index contributed by atoms with van der Waals surface area (Å²) in [5.41, 5.74) is 8.46. The van der Waals surface area contributed by atoms with E-state index in [1.165, 1.54) is 5.39 Å². The predicted octanol–water partition coefficient (Wildman–Crippen LogP) is 3.74. The molecule has 2 aromatic heterocycles. The second kappa shape index (κ2) is 5.69. The minimum Gasteiger partial charge on any atom is -0.350 e. The molecule has 20 heavy (non-hydrogen) atoms. The van der Waals surface area contributed by atoms with Crippen LogP contribution in [0.4, 0.5) is 0 Å². The number of benzene rings is 1. The first kappa shape index (κ1) is 13.2. The Morgan fingerprint density at radius 2 is 2.05 bits per heavy atom. The molecule has 0 bridgehead atoms. The molecule has 2 atom stereocenters. The molecule has 102 valence electrons. The van der Waals surface area contributed by atoms with E-state index in [1.807, 2.05) is 25.3 Å². The van der Waals surface area contributed by atoms with Crippen LogP contribution < -0.4 is 5.73 Å². The normalized spacial score (nSPS) is 14.3. The fourth-order valence-electron chi connectivity index (χ4n) is 2.27. The lowest BCUT2D eigenvalue weighted by molar-refractivity contribution is 0.718. The molecule has 0 aliphatic rings. The molecule has 3 aromatic rings. The summed E-state index contributed by atoms with van der Waals surface area (Å²) < 4.78 is 0. The number of aromatic nitrogens is 2. The Labute approximate surface area is 122 Å². The monoisotopic (exact) mass is 283 g/mol. The zero-order valence-corrected chi connectivity index (χ0v) is 12.1. The van der Waals surface area contributed by atoms with Gasteiger partial charge >= 0.3 is 0 Å². The van der Waals surface area contributed by atoms with Crippen molar-refractivity contribution in [1.82, 2.24) is 9.97 Å². The standard InChI is InChI=1S/C16H17N3S/c1-11(17)16(13-6-4-8-18-10-13)20-15-9-12-5-2-3-7-14(12)19-15/h2-11,16,19H,17H2,1H3. The Morgan fingerprint density at radius 1 is 1.20 bits per heavy atom. The minimum atomic E-state index is 0.0515. The average molecular weight is 283 g/mol. The van der Waals surface area contributed by atoms with Crippen molar-refractivity contribution < 1.29 is 0 Å². The number of aromatic amines is 1. The molecule has 0 aliphatic heterocycles. The third-order valence-corrected chi connectivity index (χ3v) is 4.68. The van der Waals surface area contributed by atoms with Gasteiger partial charge in [-0.1, -0.05) is 36.0 Å². The number of hydrogen-bond donors (Lipinski definition) is 2. The van der Waals surface area contributed by atoms with Gasteiger partial charge in [0.15, 0.2) is 0 Å². The molecule has 0 fully saturated rings. The summed E-state index contributed by atoms with van der Waals surface area (Å²) >= 11 is 1.76. The van der Waals surface area contributed by atoms with Crippen molar-refractivity contribution in [3.63, 3.8) is 0 Å². The van der Waals surface area contributed by atoms with Crippen LogP contribution in [0.5, 0.6) is 0 Å². The maximum absolute atomic E-state index is 6.15. The molecule has 0 saturated carbocycles. The van der Waals surface area contributed by atoms with E-state index < -0.39 is 0 Å². The topological polar surface area (TPSA) is 54.7 Å². The van der Waals surface area contributed by atoms with Crippen molar-refractivity contribution >= 4 is 22.7 Å². The lowest BCUT2D eigenvalue weighted by atomic mass is 10.1. The molecule has 3 nitrogen and oxygen atoms in total. The number of para-hydroxylation sites is 1. The maximum atomic E-state index is 6.15. The maximum Gasteiger partial charge on any atom is 0.0739 e. The molecule has 0 saturated heterocycles. The lowest BCUT2D eigenvalue weighted by Crippen LogP contribution is -2.22. The highest BCUT2D eigenvalue weighted by atomic mass is 32.2. The highest BCUT2D eigenvalue weighted by Gasteiger charge is 2.18. The fourth-order valence-corrected chi connectivity index (χ4v) is 3.40. The Balaban J connectivity index is 1.90. The molecule has 4 heteroatoms. The molecule has 0 aliphatic carbocycles. The van der Waals surface area contributed by atoms with E-state index in [0.717, 1.165) is 16.1 Å². The molecule has 2 heterocycles. The van der Waals surface area contributed by atoms with E-state index in [4.69, 9.17) is 5.73 Å². The third-order valence-electron chi connectivity index (χ3n) is 3.25. The fraction of sp³-hybridized carbons (Fsp3) is 0.188. The number of rotatable bonds is 4. The van der Waals surface area contributed by atoms with E-state index in [-0.39, 0.29) is 11.3 Å². The number of H-pyrrole nitrogens is 1. The zero-order valence-electron chi connectivity index (χ0n) is 11.3. The zero-order chi connectivity index (χ0) is 13.9. The summed E-state index contributed by atoms with van der Waals surface area (Å²) in [6.07, 6.45) is 3.68. The average Bonchev–Trinajstić information content (AvgIpc) is 2.88. The van der Waals surface area contributed by atoms with Crippen molar-refractivity contribution in [2.75, 3.05) is 0 Å². The smallest absolute Gasteiger partial charge is 0.0739 e. The van der Waals surface area contributed by atoms with E-state index in [0.29, 0.717) is 0 Å². The van der Waals surface area contributed by atoms with Crippen LogP contribution in [-0.2, 0) is 0 Å². The van der Waals surface area contributed by atoms with Gasteiger partial charge in [-0.25, -0.2) is 0 Å². The summed E-state index contributed by atoms with van der Waals surface area (Å²) in [7, 11) is 0. The summed E-state index contributed by atoms with van der Waals surface area (Å²) in [6.45, 7) is 2.04. The van der Waals surface area contributed by atoms with Gasteiger partial charge in [-0.05, 0) is 30.7 Å². The van der Waals surface area contributed by atoms with E-state index >= 15 is 0 Å². The molecule has 3 N–H and O–H groups in total. The largest absolute Gasteiger partial charge is 0.350 e. The van der Waals surface area contributed by atoms with Gasteiger partial charge in [0.25, 0.3) is 0 Å². The Bertz CT molecular complexity index is 658. The second-order valence-electron chi connectivity index (χ2n) is 4.90. The number of pyridine rings is 1. The van der Waals surface area contributed by atoms with Crippen LogP contribution in [0.3, 0.4) is 0 Å². The van der Waals surface area contributed by atoms with E-state index in [1.54, 1.807) is 18.0 Å². The minimum absolute atomic E-state index is 0.0515. The number of nitrogens with zero attached hydrogens (tertiary/aromatic N) is 1. The summed E-state index contributed by atoms with van der Waals surface area (Å²) in [5, 5.41) is 2.55. The van der Waals surface area contributed by atoms with Gasteiger partial charge in [0, 0.05) is 29.3 Å². The Hall–Kier alpha value is -1.78. The van der Waals surface area contributed by atoms with Crippen LogP contribution >= 0.6 is 11.8 Å². The van der Waals surface area contributed by atoms with Crippen molar-refractivity contribution in [3.8, 4) is 0 Å². The number of hydrogen-bond acceptors (Lipinski definition) is 3. The molecular formula is C16H17N3S. The molecule has 2 unspecified atom stereocenters. The van der Waals surface area contributed by atoms with Gasteiger partial charge in [-0.2, -0.15) is 0 Å². The van der Waals surface area contributed by atoms with Gasteiger partial charge in [0.1, 0.15) is 0 Å². The van der Waals surface area contributed by atoms with Crippen molar-refractivity contribution in [2.24, 2.45) is 5.73 Å².